The zero-order chi connectivity index (χ0) is 22.4. The van der Waals surface area contributed by atoms with Crippen LogP contribution in [0.5, 0.6) is 0 Å². The molecule has 7 nitrogen and oxygen atoms in total. The fourth-order valence-electron chi connectivity index (χ4n) is 2.59. The fourth-order valence-corrected chi connectivity index (χ4v) is 4.03. The zero-order valence-electron chi connectivity index (χ0n) is 15.9. The van der Waals surface area contributed by atoms with Crippen molar-refractivity contribution in [2.75, 3.05) is 0 Å². The van der Waals surface area contributed by atoms with Gasteiger partial charge in [0.25, 0.3) is 11.8 Å². The number of hydrogen-bond donors (Lipinski definition) is 3. The largest absolute Gasteiger partial charge is 0.271 e. The monoisotopic (exact) mass is 477 g/mol. The quantitative estimate of drug-likeness (QED) is 0.472. The summed E-state index contributed by atoms with van der Waals surface area (Å²) < 4.78 is 27.6. The van der Waals surface area contributed by atoms with Gasteiger partial charge in [-0.25, -0.2) is 13.1 Å². The molecule has 2 amide bonds. The molecule has 0 aliphatic heterocycles. The van der Waals surface area contributed by atoms with E-state index in [1.54, 1.807) is 24.3 Å². The van der Waals surface area contributed by atoms with Crippen molar-refractivity contribution in [3.8, 4) is 0 Å². The summed E-state index contributed by atoms with van der Waals surface area (Å²) in [6.45, 7) is 0.107. The minimum atomic E-state index is -3.85. The Morgan fingerprint density at radius 3 is 2.26 bits per heavy atom. The average Bonchev–Trinajstić information content (AvgIpc) is 2.78. The molecule has 0 saturated carbocycles. The number of carbonyl (C=O) groups excluding carboxylic acids is 2. The molecule has 0 aliphatic rings. The number of hydrazine groups is 1. The first-order valence-electron chi connectivity index (χ1n) is 8.95. The van der Waals surface area contributed by atoms with E-state index in [0.29, 0.717) is 5.02 Å². The second kappa shape index (κ2) is 9.93. The predicted molar refractivity (Wildman–Crippen MR) is 118 cm³/mol. The Kier molecular flexibility index (Phi) is 7.29. The van der Waals surface area contributed by atoms with Crippen molar-refractivity contribution in [3.63, 3.8) is 0 Å². The highest BCUT2D eigenvalue weighted by molar-refractivity contribution is 7.89. The second-order valence-electron chi connectivity index (χ2n) is 6.37. The van der Waals surface area contributed by atoms with Crippen LogP contribution in [0.3, 0.4) is 0 Å². The molecule has 0 radical (unpaired) electrons. The summed E-state index contributed by atoms with van der Waals surface area (Å²) in [5.74, 6) is -1.37. The van der Waals surface area contributed by atoms with Crippen LogP contribution < -0.4 is 15.6 Å². The van der Waals surface area contributed by atoms with Gasteiger partial charge in [-0.3, -0.25) is 20.4 Å². The first kappa shape index (κ1) is 22.8. The standard InChI is InChI=1S/C21H17Cl2N3O4S/c22-16-9-10-19(23)18(12-16)21(28)26-25-20(27)15-7-4-8-17(11-15)31(29,30)24-13-14-5-2-1-3-6-14/h1-12,24H,13H2,(H,25,27)(H,26,28). The fraction of sp³-hybridized carbons (Fsp3) is 0.0476. The van der Waals surface area contributed by atoms with Crippen LogP contribution in [-0.4, -0.2) is 20.2 Å². The number of sulfonamides is 1. The molecule has 3 aromatic rings. The van der Waals surface area contributed by atoms with Crippen LogP contribution in [0, 0.1) is 0 Å². The van der Waals surface area contributed by atoms with Crippen molar-refractivity contribution in [2.24, 2.45) is 0 Å². The highest BCUT2D eigenvalue weighted by atomic mass is 35.5. The maximum Gasteiger partial charge on any atom is 0.271 e. The summed E-state index contributed by atoms with van der Waals surface area (Å²) in [5.41, 5.74) is 5.36. The van der Waals surface area contributed by atoms with Crippen molar-refractivity contribution >= 4 is 45.0 Å². The van der Waals surface area contributed by atoms with E-state index < -0.39 is 21.8 Å². The lowest BCUT2D eigenvalue weighted by atomic mass is 10.2. The van der Waals surface area contributed by atoms with Crippen LogP contribution in [0.2, 0.25) is 10.0 Å². The lowest BCUT2D eigenvalue weighted by molar-refractivity contribution is 0.0846. The molecule has 0 saturated heterocycles. The van der Waals surface area contributed by atoms with Crippen molar-refractivity contribution in [3.05, 3.63) is 99.5 Å². The van der Waals surface area contributed by atoms with Crippen LogP contribution in [-0.2, 0) is 16.6 Å². The highest BCUT2D eigenvalue weighted by Crippen LogP contribution is 2.20. The number of nitrogens with one attached hydrogen (secondary N) is 3. The van der Waals surface area contributed by atoms with Crippen molar-refractivity contribution in [1.29, 1.82) is 0 Å². The molecule has 0 aliphatic carbocycles. The number of benzene rings is 3. The molecule has 0 spiro atoms. The molecule has 3 rings (SSSR count). The van der Waals surface area contributed by atoms with E-state index in [2.05, 4.69) is 15.6 Å². The normalized spacial score (nSPS) is 11.0. The molecule has 0 aromatic heterocycles. The topological polar surface area (TPSA) is 104 Å². The van der Waals surface area contributed by atoms with Crippen LogP contribution in [0.4, 0.5) is 0 Å². The summed E-state index contributed by atoms with van der Waals surface area (Å²) in [7, 11) is -3.85. The van der Waals surface area contributed by atoms with Crippen LogP contribution in [0.25, 0.3) is 0 Å². The Balaban J connectivity index is 1.66. The minimum Gasteiger partial charge on any atom is -0.267 e. The average molecular weight is 478 g/mol. The summed E-state index contributed by atoms with van der Waals surface area (Å²) in [4.78, 5) is 24.5. The molecule has 0 unspecified atom stereocenters. The van der Waals surface area contributed by atoms with Gasteiger partial charge in [0, 0.05) is 17.1 Å². The molecule has 0 bridgehead atoms. The van der Waals surface area contributed by atoms with E-state index in [4.69, 9.17) is 23.2 Å². The van der Waals surface area contributed by atoms with Gasteiger partial charge in [0.1, 0.15) is 0 Å². The van der Waals surface area contributed by atoms with E-state index in [1.807, 2.05) is 6.07 Å². The number of hydrogen-bond acceptors (Lipinski definition) is 4. The summed E-state index contributed by atoms with van der Waals surface area (Å²) in [5, 5.41) is 0.468. The number of rotatable bonds is 6. The Labute approximate surface area is 189 Å². The van der Waals surface area contributed by atoms with Crippen LogP contribution in [0.1, 0.15) is 26.3 Å². The third kappa shape index (κ3) is 6.05. The summed E-state index contributed by atoms with van der Waals surface area (Å²) >= 11 is 11.8. The van der Waals surface area contributed by atoms with Gasteiger partial charge in [-0.2, -0.15) is 0 Å². The summed E-state index contributed by atoms with van der Waals surface area (Å²) in [6.07, 6.45) is 0. The van der Waals surface area contributed by atoms with E-state index >= 15 is 0 Å². The molecular weight excluding hydrogens is 461 g/mol. The van der Waals surface area contributed by atoms with Crippen molar-refractivity contribution < 1.29 is 18.0 Å². The lowest BCUT2D eigenvalue weighted by Crippen LogP contribution is -2.41. The number of halogens is 2. The minimum absolute atomic E-state index is 0.0417. The molecule has 160 valence electrons. The van der Waals surface area contributed by atoms with Crippen molar-refractivity contribution in [1.82, 2.24) is 15.6 Å². The molecule has 3 aromatic carbocycles. The highest BCUT2D eigenvalue weighted by Gasteiger charge is 2.17. The summed E-state index contributed by atoms with van der Waals surface area (Å²) in [6, 6.07) is 18.8. The van der Waals surface area contributed by atoms with Gasteiger partial charge >= 0.3 is 0 Å². The van der Waals surface area contributed by atoms with E-state index in [9.17, 15) is 18.0 Å². The lowest BCUT2D eigenvalue weighted by Gasteiger charge is -2.10. The molecular formula is C21H17Cl2N3O4S. The molecule has 0 atom stereocenters. The Morgan fingerprint density at radius 2 is 1.52 bits per heavy atom. The molecule has 10 heteroatoms. The number of amides is 2. The van der Waals surface area contributed by atoms with Crippen molar-refractivity contribution in [2.45, 2.75) is 11.4 Å². The first-order chi connectivity index (χ1) is 14.8. The predicted octanol–water partition coefficient (Wildman–Crippen LogP) is 3.55. The van der Waals surface area contributed by atoms with Gasteiger partial charge in [0.05, 0.1) is 15.5 Å². The van der Waals surface area contributed by atoms with Gasteiger partial charge in [0.15, 0.2) is 0 Å². The SMILES string of the molecule is O=C(NNC(=O)c1cc(Cl)ccc1Cl)c1cccc(S(=O)(=O)NCc2ccccc2)c1. The molecule has 0 heterocycles. The maximum atomic E-state index is 12.6. The first-order valence-corrected chi connectivity index (χ1v) is 11.2. The molecule has 3 N–H and O–H groups in total. The van der Waals surface area contributed by atoms with Gasteiger partial charge < -0.3 is 0 Å². The Morgan fingerprint density at radius 1 is 0.806 bits per heavy atom. The smallest absolute Gasteiger partial charge is 0.267 e. The third-order valence-corrected chi connectivity index (χ3v) is 6.14. The van der Waals surface area contributed by atoms with Gasteiger partial charge in [0.2, 0.25) is 10.0 Å². The molecule has 31 heavy (non-hydrogen) atoms. The van der Waals surface area contributed by atoms with E-state index in [1.165, 1.54) is 42.5 Å². The van der Waals surface area contributed by atoms with Crippen LogP contribution in [0.15, 0.2) is 77.7 Å². The zero-order valence-corrected chi connectivity index (χ0v) is 18.3. The number of carbonyl (C=O) groups is 2. The second-order valence-corrected chi connectivity index (χ2v) is 8.98. The Bertz CT molecular complexity index is 1220. The van der Waals surface area contributed by atoms with Gasteiger partial charge in [-0.05, 0) is 42.0 Å². The van der Waals surface area contributed by atoms with Crippen LogP contribution >= 0.6 is 23.2 Å². The third-order valence-electron chi connectivity index (χ3n) is 4.18. The van der Waals surface area contributed by atoms with Gasteiger partial charge in [-0.15, -0.1) is 0 Å². The van der Waals surface area contributed by atoms with E-state index in [0.717, 1.165) is 5.56 Å². The molecule has 0 fully saturated rings. The van der Waals surface area contributed by atoms with E-state index in [-0.39, 0.29) is 27.6 Å². The van der Waals surface area contributed by atoms with Gasteiger partial charge in [-0.1, -0.05) is 59.6 Å². The maximum absolute atomic E-state index is 12.6. The Hall–Kier alpha value is -2.91.